The highest BCUT2D eigenvalue weighted by atomic mass is 32.1. The summed E-state index contributed by atoms with van der Waals surface area (Å²) in [7, 11) is 1.89. The van der Waals surface area contributed by atoms with Gasteiger partial charge in [-0.1, -0.05) is 18.3 Å². The molecule has 0 spiro atoms. The molecule has 0 atom stereocenters. The number of anilines is 2. The Balaban J connectivity index is 1.31. The van der Waals surface area contributed by atoms with Crippen LogP contribution in [-0.4, -0.2) is 56.4 Å². The Labute approximate surface area is 245 Å². The topological polar surface area (TPSA) is 124 Å². The first-order valence-electron chi connectivity index (χ1n) is 13.7. The average molecular weight is 582 g/mol. The van der Waals surface area contributed by atoms with Crippen molar-refractivity contribution in [1.29, 1.82) is 5.26 Å². The predicted octanol–water partition coefficient (Wildman–Crippen LogP) is 4.74. The molecule has 1 aliphatic rings. The number of nitrogens with zero attached hydrogens (tertiary/aromatic N) is 7. The molecule has 1 aromatic carbocycles. The number of nitrogens with one attached hydrogen (secondary N) is 2. The smallest absolute Gasteiger partial charge is 0.289 e. The number of pyridine rings is 1. The predicted molar refractivity (Wildman–Crippen MR) is 159 cm³/mol. The van der Waals surface area contributed by atoms with E-state index in [9.17, 15) is 14.4 Å². The highest BCUT2D eigenvalue weighted by Crippen LogP contribution is 2.37. The number of carbonyl (C=O) groups is 1. The molecule has 1 fully saturated rings. The van der Waals surface area contributed by atoms with Gasteiger partial charge in [-0.15, -0.1) is 0 Å². The van der Waals surface area contributed by atoms with Crippen LogP contribution in [0.5, 0.6) is 0 Å². The van der Waals surface area contributed by atoms with E-state index in [2.05, 4.69) is 26.7 Å². The van der Waals surface area contributed by atoms with Gasteiger partial charge in [-0.3, -0.25) is 9.20 Å². The van der Waals surface area contributed by atoms with Crippen molar-refractivity contribution in [2.75, 3.05) is 25.0 Å². The van der Waals surface area contributed by atoms with E-state index in [0.29, 0.717) is 27.7 Å². The summed E-state index contributed by atoms with van der Waals surface area (Å²) in [6, 6.07) is 12.2. The Morgan fingerprint density at radius 3 is 2.52 bits per heavy atom. The van der Waals surface area contributed by atoms with Crippen molar-refractivity contribution in [3.05, 3.63) is 77.2 Å². The normalized spacial score (nSPS) is 13.7. The molecule has 0 bridgehead atoms. The Kier molecular flexibility index (Phi) is 7.60. The standard InChI is InChI=1S/C30H28FN9OS/c1-3-23-29(39(2)30-38-26(24(14-32)42-30)18-4-7-21(31)8-5-18)40-17-19(6-9-25(40)37-23)20-15-34-27(35-16-20)28(41)36-22-10-12-33-13-11-22/h4-9,15-17,22,33H,3,10-13H2,1-2H3,(H,36,41). The molecule has 1 aliphatic heterocycles. The zero-order chi connectivity index (χ0) is 29.2. The van der Waals surface area contributed by atoms with Crippen molar-refractivity contribution < 1.29 is 9.18 Å². The van der Waals surface area contributed by atoms with E-state index < -0.39 is 0 Å². The summed E-state index contributed by atoms with van der Waals surface area (Å²) in [5, 5.41) is 16.7. The van der Waals surface area contributed by atoms with Gasteiger partial charge in [0.1, 0.15) is 33.9 Å². The lowest BCUT2D eigenvalue weighted by Gasteiger charge is -2.23. The molecule has 2 N–H and O–H groups in total. The van der Waals surface area contributed by atoms with E-state index in [0.717, 1.165) is 54.2 Å². The first-order chi connectivity index (χ1) is 20.4. The maximum Gasteiger partial charge on any atom is 0.289 e. The van der Waals surface area contributed by atoms with Crippen LogP contribution in [0.25, 0.3) is 28.0 Å². The number of hydrogen-bond donors (Lipinski definition) is 2. The lowest BCUT2D eigenvalue weighted by molar-refractivity contribution is 0.0919. The number of halogens is 1. The number of aromatic nitrogens is 5. The van der Waals surface area contributed by atoms with Gasteiger partial charge in [0.25, 0.3) is 5.91 Å². The van der Waals surface area contributed by atoms with Gasteiger partial charge < -0.3 is 15.5 Å². The fourth-order valence-electron chi connectivity index (χ4n) is 5.08. The van der Waals surface area contributed by atoms with Crippen molar-refractivity contribution in [3.8, 4) is 28.5 Å². The van der Waals surface area contributed by atoms with Crippen LogP contribution in [0.15, 0.2) is 55.0 Å². The number of amides is 1. The number of aryl methyl sites for hydroxylation is 1. The summed E-state index contributed by atoms with van der Waals surface area (Å²) < 4.78 is 15.5. The molecule has 42 heavy (non-hydrogen) atoms. The van der Waals surface area contributed by atoms with Crippen molar-refractivity contribution in [2.45, 2.75) is 32.2 Å². The third-order valence-electron chi connectivity index (χ3n) is 7.30. The number of piperidine rings is 1. The van der Waals surface area contributed by atoms with Crippen LogP contribution in [0.3, 0.4) is 0 Å². The summed E-state index contributed by atoms with van der Waals surface area (Å²) in [5.41, 5.74) is 4.42. The number of fused-ring (bicyclic) bond motifs is 1. The molecule has 6 rings (SSSR count). The molecule has 1 saturated heterocycles. The van der Waals surface area contributed by atoms with Gasteiger partial charge in [0.05, 0.1) is 5.69 Å². The molecule has 5 heterocycles. The van der Waals surface area contributed by atoms with E-state index in [1.165, 1.54) is 23.5 Å². The summed E-state index contributed by atoms with van der Waals surface area (Å²) >= 11 is 1.27. The maximum absolute atomic E-state index is 13.5. The zero-order valence-corrected chi connectivity index (χ0v) is 24.0. The monoisotopic (exact) mass is 581 g/mol. The highest BCUT2D eigenvalue weighted by Gasteiger charge is 2.23. The number of imidazole rings is 1. The van der Waals surface area contributed by atoms with Crippen molar-refractivity contribution >= 4 is 33.8 Å². The van der Waals surface area contributed by atoms with Gasteiger partial charge in [0, 0.05) is 48.4 Å². The largest absolute Gasteiger partial charge is 0.346 e. The average Bonchev–Trinajstić information content (AvgIpc) is 3.63. The molecule has 10 nitrogen and oxygen atoms in total. The van der Waals surface area contributed by atoms with E-state index in [1.54, 1.807) is 24.5 Å². The van der Waals surface area contributed by atoms with Crippen molar-refractivity contribution in [1.82, 2.24) is 35.0 Å². The molecule has 0 aliphatic carbocycles. The van der Waals surface area contributed by atoms with Crippen LogP contribution in [0.4, 0.5) is 15.3 Å². The molecule has 0 radical (unpaired) electrons. The number of carbonyl (C=O) groups excluding carboxylic acids is 1. The maximum atomic E-state index is 13.5. The van der Waals surface area contributed by atoms with Crippen LogP contribution in [-0.2, 0) is 6.42 Å². The molecule has 0 unspecified atom stereocenters. The minimum absolute atomic E-state index is 0.127. The van der Waals surface area contributed by atoms with Crippen LogP contribution in [0.2, 0.25) is 0 Å². The molecule has 0 saturated carbocycles. The van der Waals surface area contributed by atoms with Gasteiger partial charge in [-0.05, 0) is 68.8 Å². The lowest BCUT2D eigenvalue weighted by atomic mass is 10.1. The van der Waals surface area contributed by atoms with E-state index in [4.69, 9.17) is 9.97 Å². The van der Waals surface area contributed by atoms with Crippen molar-refractivity contribution in [2.24, 2.45) is 0 Å². The van der Waals surface area contributed by atoms with Crippen LogP contribution in [0.1, 0.15) is 41.0 Å². The molecular formula is C30H28FN9OS. The molecule has 4 aromatic heterocycles. The molecule has 12 heteroatoms. The first kappa shape index (κ1) is 27.4. The zero-order valence-electron chi connectivity index (χ0n) is 23.1. The highest BCUT2D eigenvalue weighted by molar-refractivity contribution is 7.16. The van der Waals surface area contributed by atoms with E-state index in [1.807, 2.05) is 41.6 Å². The van der Waals surface area contributed by atoms with Crippen LogP contribution < -0.4 is 15.5 Å². The number of hydrogen-bond acceptors (Lipinski definition) is 9. The molecular weight excluding hydrogens is 553 g/mol. The number of benzene rings is 1. The minimum Gasteiger partial charge on any atom is -0.346 e. The lowest BCUT2D eigenvalue weighted by Crippen LogP contribution is -2.43. The van der Waals surface area contributed by atoms with Crippen molar-refractivity contribution in [3.63, 3.8) is 0 Å². The molecule has 5 aromatic rings. The fourth-order valence-corrected chi connectivity index (χ4v) is 5.93. The van der Waals surface area contributed by atoms with Gasteiger partial charge in [0.15, 0.2) is 5.13 Å². The number of thiazole rings is 1. The fraction of sp³-hybridized carbons (Fsp3) is 0.267. The Morgan fingerprint density at radius 2 is 1.83 bits per heavy atom. The first-order valence-corrected chi connectivity index (χ1v) is 14.5. The Bertz CT molecular complexity index is 1780. The van der Waals surface area contributed by atoms with E-state index >= 15 is 0 Å². The number of nitriles is 1. The van der Waals surface area contributed by atoms with Gasteiger partial charge in [0.2, 0.25) is 5.82 Å². The summed E-state index contributed by atoms with van der Waals surface area (Å²) in [6.45, 7) is 3.81. The second-order valence-corrected chi connectivity index (χ2v) is 11.0. The summed E-state index contributed by atoms with van der Waals surface area (Å²) in [6.07, 6.45) is 7.72. The van der Waals surface area contributed by atoms with Crippen LogP contribution in [0, 0.1) is 17.1 Å². The quantitative estimate of drug-likeness (QED) is 0.283. The van der Waals surface area contributed by atoms with Gasteiger partial charge >= 0.3 is 0 Å². The third-order valence-corrected chi connectivity index (χ3v) is 8.34. The molecule has 212 valence electrons. The SMILES string of the molecule is CCc1nc2ccc(-c3cnc(C(=O)NC4CCNCC4)nc3)cn2c1N(C)c1nc(-c2ccc(F)cc2)c(C#N)s1. The Morgan fingerprint density at radius 1 is 1.12 bits per heavy atom. The van der Waals surface area contributed by atoms with Crippen LogP contribution >= 0.6 is 11.3 Å². The second-order valence-electron chi connectivity index (χ2n) is 10.0. The minimum atomic E-state index is -0.348. The number of rotatable bonds is 7. The van der Waals surface area contributed by atoms with Gasteiger partial charge in [-0.2, -0.15) is 5.26 Å². The Hall–Kier alpha value is -4.73. The summed E-state index contributed by atoms with van der Waals surface area (Å²) in [5.74, 6) is 0.343. The summed E-state index contributed by atoms with van der Waals surface area (Å²) in [4.78, 5) is 33.3. The third kappa shape index (κ3) is 5.32. The molecule has 1 amide bonds. The van der Waals surface area contributed by atoms with Gasteiger partial charge in [-0.25, -0.2) is 24.3 Å². The second kappa shape index (κ2) is 11.6. The van der Waals surface area contributed by atoms with E-state index in [-0.39, 0.29) is 23.6 Å².